The fourth-order valence-corrected chi connectivity index (χ4v) is 0.687. The van der Waals surface area contributed by atoms with Gasteiger partial charge in [0.2, 0.25) is 0 Å². The van der Waals surface area contributed by atoms with Crippen molar-refractivity contribution in [3.63, 3.8) is 0 Å². The Morgan fingerprint density at radius 1 is 1.50 bits per heavy atom. The zero-order valence-electron chi connectivity index (χ0n) is 5.63. The van der Waals surface area contributed by atoms with E-state index in [2.05, 4.69) is 0 Å². The van der Waals surface area contributed by atoms with Gasteiger partial charge in [0.05, 0.1) is 0 Å². The van der Waals surface area contributed by atoms with Crippen LogP contribution in [0.2, 0.25) is 0 Å². The van der Waals surface area contributed by atoms with E-state index in [4.69, 9.17) is 4.74 Å². The number of ether oxygens (including phenoxy) is 1. The van der Waals surface area contributed by atoms with Gasteiger partial charge in [0, 0.05) is 0 Å². The number of benzene rings is 1. The molecule has 0 fully saturated rings. The number of rotatable bonds is 1. The van der Waals surface area contributed by atoms with Crippen molar-refractivity contribution in [1.82, 2.24) is 0 Å². The molecule has 2 heteroatoms. The Morgan fingerprint density at radius 3 is 2.90 bits per heavy atom. The Kier molecular flexibility index (Phi) is 2.11. The zero-order valence-corrected chi connectivity index (χ0v) is 5.63. The van der Waals surface area contributed by atoms with E-state index in [0.29, 0.717) is 11.3 Å². The van der Waals surface area contributed by atoms with Crippen molar-refractivity contribution in [2.75, 3.05) is 7.11 Å². The normalized spacial score (nSPS) is 8.40. The second-order valence-electron chi connectivity index (χ2n) is 1.83. The molecule has 50 valence electrons. The second-order valence-corrected chi connectivity index (χ2v) is 1.83. The molecule has 1 aromatic carbocycles. The van der Waals surface area contributed by atoms with Crippen molar-refractivity contribution in [3.8, 4) is 11.9 Å². The van der Waals surface area contributed by atoms with Crippen molar-refractivity contribution in [2.45, 2.75) is 0 Å². The van der Waals surface area contributed by atoms with Gasteiger partial charge in [-0.3, -0.25) is 0 Å². The molecule has 0 saturated heterocycles. The number of methoxy groups -OCH3 is 1. The zero-order chi connectivity index (χ0) is 7.40. The minimum absolute atomic E-state index is 0.513. The predicted octanol–water partition coefficient (Wildman–Crippen LogP) is 1.43. The molecule has 0 aromatic heterocycles. The standard InChI is InChI=1S/C8H7O2/c1-10-8-4-2-3-7(5-8)6-9/h2-5H,1H3/q+1. The van der Waals surface area contributed by atoms with Gasteiger partial charge < -0.3 is 0 Å². The van der Waals surface area contributed by atoms with Crippen molar-refractivity contribution in [1.29, 1.82) is 0 Å². The van der Waals surface area contributed by atoms with Crippen LogP contribution in [0, 0.1) is 6.15 Å². The summed E-state index contributed by atoms with van der Waals surface area (Å²) in [6, 6.07) is 6.84. The fraction of sp³-hybridized carbons (Fsp3) is 0.125. The van der Waals surface area contributed by atoms with Gasteiger partial charge in [-0.15, -0.1) is 0 Å². The molecule has 0 bridgehead atoms. The minimum atomic E-state index is 0.513. The molecule has 1 aromatic rings. The van der Waals surface area contributed by atoms with E-state index in [-0.39, 0.29) is 0 Å². The Bertz CT molecular complexity index is 260. The maximum atomic E-state index is 10.1. The molecule has 0 radical (unpaired) electrons. The van der Waals surface area contributed by atoms with Gasteiger partial charge in [-0.2, -0.15) is 0 Å². The topological polar surface area (TPSA) is 29.1 Å². The van der Waals surface area contributed by atoms with Crippen molar-refractivity contribution in [3.05, 3.63) is 29.8 Å². The van der Waals surface area contributed by atoms with Crippen LogP contribution in [0.4, 0.5) is 0 Å². The van der Waals surface area contributed by atoms with Gasteiger partial charge in [-0.05, 0) is 0 Å². The molecule has 0 spiro atoms. The second kappa shape index (κ2) is 3.06. The molecule has 0 amide bonds. The van der Waals surface area contributed by atoms with E-state index in [1.54, 1.807) is 37.5 Å². The van der Waals surface area contributed by atoms with E-state index in [1.165, 1.54) is 0 Å². The molecule has 0 heterocycles. The van der Waals surface area contributed by atoms with Crippen LogP contribution in [-0.4, -0.2) is 7.11 Å². The average molecular weight is 135 g/mol. The van der Waals surface area contributed by atoms with Crippen molar-refractivity contribution >= 4 is 0 Å². The third-order valence-electron chi connectivity index (χ3n) is 1.19. The van der Waals surface area contributed by atoms with Crippen LogP contribution in [0.1, 0.15) is 5.56 Å². The van der Waals surface area contributed by atoms with E-state index in [1.807, 2.05) is 0 Å². The van der Waals surface area contributed by atoms with E-state index in [9.17, 15) is 4.65 Å². The molecule has 10 heavy (non-hydrogen) atoms. The molecular weight excluding hydrogens is 128 g/mol. The summed E-state index contributed by atoms with van der Waals surface area (Å²) < 4.78 is 15.0. The molecule has 0 atom stereocenters. The Hall–Kier alpha value is -1.24. The Morgan fingerprint density at radius 2 is 2.30 bits per heavy atom. The summed E-state index contributed by atoms with van der Waals surface area (Å²) in [5.74, 6) is 0.681. The molecular formula is C8H7O2+. The summed E-state index contributed by atoms with van der Waals surface area (Å²) in [7, 11) is 1.56. The van der Waals surface area contributed by atoms with Crippen LogP contribution in [0.15, 0.2) is 24.3 Å². The Labute approximate surface area is 59.2 Å². The SMILES string of the molecule is COc1cccc(C#[O+])c1. The van der Waals surface area contributed by atoms with E-state index in [0.717, 1.165) is 0 Å². The summed E-state index contributed by atoms with van der Waals surface area (Å²) in [5, 5.41) is 0. The summed E-state index contributed by atoms with van der Waals surface area (Å²) in [6.45, 7) is 0. The van der Waals surface area contributed by atoms with Crippen LogP contribution < -0.4 is 4.74 Å². The van der Waals surface area contributed by atoms with Gasteiger partial charge in [-0.1, -0.05) is 0 Å². The maximum absolute atomic E-state index is 10.1. The molecule has 0 N–H and O–H groups in total. The van der Waals surface area contributed by atoms with E-state index < -0.39 is 0 Å². The van der Waals surface area contributed by atoms with Crippen molar-refractivity contribution in [2.24, 2.45) is 0 Å². The van der Waals surface area contributed by atoms with Crippen LogP contribution in [-0.2, 0) is 4.65 Å². The molecule has 0 aliphatic rings. The molecule has 1 rings (SSSR count). The molecule has 0 aliphatic carbocycles. The quantitative estimate of drug-likeness (QED) is 0.535. The first-order valence-corrected chi connectivity index (χ1v) is 2.89. The van der Waals surface area contributed by atoms with Crippen LogP contribution in [0.3, 0.4) is 0 Å². The predicted molar refractivity (Wildman–Crippen MR) is 36.7 cm³/mol. The monoisotopic (exact) mass is 135 g/mol. The van der Waals surface area contributed by atoms with Gasteiger partial charge in [0.1, 0.15) is 0 Å². The third-order valence-corrected chi connectivity index (χ3v) is 1.19. The fourth-order valence-electron chi connectivity index (χ4n) is 0.687. The first kappa shape index (κ1) is 6.87. The average Bonchev–Trinajstić information content (AvgIpc) is 2.05. The molecule has 0 saturated carbocycles. The first-order valence-electron chi connectivity index (χ1n) is 2.89. The molecule has 0 aliphatic heterocycles. The van der Waals surface area contributed by atoms with Gasteiger partial charge in [0.15, 0.2) is 0 Å². The van der Waals surface area contributed by atoms with E-state index >= 15 is 0 Å². The summed E-state index contributed by atoms with van der Waals surface area (Å²) in [4.78, 5) is 0. The first-order chi connectivity index (χ1) is 4.86. The van der Waals surface area contributed by atoms with Crippen molar-refractivity contribution < 1.29 is 9.39 Å². The molecule has 2 nitrogen and oxygen atoms in total. The van der Waals surface area contributed by atoms with Crippen LogP contribution >= 0.6 is 0 Å². The van der Waals surface area contributed by atoms with Crippen LogP contribution in [0.5, 0.6) is 5.75 Å². The van der Waals surface area contributed by atoms with Crippen LogP contribution in [0.25, 0.3) is 0 Å². The number of hydrogen-bond acceptors (Lipinski definition) is 1. The molecule has 0 unspecified atom stereocenters. The van der Waals surface area contributed by atoms with Gasteiger partial charge in [0.25, 0.3) is 0 Å². The van der Waals surface area contributed by atoms with Gasteiger partial charge >= 0.3 is 58.2 Å². The summed E-state index contributed by atoms with van der Waals surface area (Å²) in [5.41, 5.74) is 0.513. The Balaban J connectivity index is 3.01. The summed E-state index contributed by atoms with van der Waals surface area (Å²) in [6.07, 6.45) is 1.77. The third kappa shape index (κ3) is 1.38. The number of hydrogen-bond donors (Lipinski definition) is 0. The summed E-state index contributed by atoms with van der Waals surface area (Å²) >= 11 is 0. The van der Waals surface area contributed by atoms with Gasteiger partial charge in [-0.25, -0.2) is 0 Å².